The molecular weight excluding hydrogens is 314 g/mol. The Morgan fingerprint density at radius 2 is 1.81 bits per heavy atom. The van der Waals surface area contributed by atoms with E-state index in [1.54, 1.807) is 14.2 Å². The van der Waals surface area contributed by atoms with Gasteiger partial charge in [-0.2, -0.15) is 4.37 Å². The van der Waals surface area contributed by atoms with Crippen molar-refractivity contribution in [3.63, 3.8) is 0 Å². The predicted molar refractivity (Wildman–Crippen MR) is 84.8 cm³/mol. The van der Waals surface area contributed by atoms with Gasteiger partial charge in [-0.3, -0.25) is 0 Å². The third-order valence-corrected chi connectivity index (χ3v) is 5.88. The second-order valence-electron chi connectivity index (χ2n) is 4.49. The molecule has 0 radical (unpaired) electrons. The number of methoxy groups -OCH3 is 2. The van der Waals surface area contributed by atoms with E-state index in [1.807, 2.05) is 11.8 Å². The van der Waals surface area contributed by atoms with E-state index in [9.17, 15) is 8.42 Å². The Morgan fingerprint density at radius 1 is 1.24 bits per heavy atom. The summed E-state index contributed by atoms with van der Waals surface area (Å²) in [6.45, 7) is 3.89. The standard InChI is InChI=1S/C12H23N3O4S2/c1-4-9-21(16,17)10-11(13)14-20-12(10)15(5-7-18-2)6-8-19-3/h4-9H2,1-3H3,(H2,13,14). The highest BCUT2D eigenvalue weighted by molar-refractivity contribution is 7.91. The number of anilines is 2. The van der Waals surface area contributed by atoms with Crippen LogP contribution < -0.4 is 10.6 Å². The Balaban J connectivity index is 3.14. The van der Waals surface area contributed by atoms with Crippen molar-refractivity contribution in [2.75, 3.05) is 56.9 Å². The zero-order valence-corrected chi connectivity index (χ0v) is 14.3. The van der Waals surface area contributed by atoms with E-state index in [0.29, 0.717) is 37.7 Å². The monoisotopic (exact) mass is 337 g/mol. The lowest BCUT2D eigenvalue weighted by Crippen LogP contribution is -2.31. The van der Waals surface area contributed by atoms with Crippen LogP contribution in [0.5, 0.6) is 0 Å². The minimum Gasteiger partial charge on any atom is -0.383 e. The highest BCUT2D eigenvalue weighted by atomic mass is 32.2. The summed E-state index contributed by atoms with van der Waals surface area (Å²) in [4.78, 5) is 2.03. The van der Waals surface area contributed by atoms with Crippen molar-refractivity contribution in [3.8, 4) is 0 Å². The highest BCUT2D eigenvalue weighted by Gasteiger charge is 2.27. The number of hydrogen-bond donors (Lipinski definition) is 1. The molecule has 0 atom stereocenters. The third kappa shape index (κ3) is 4.80. The summed E-state index contributed by atoms with van der Waals surface area (Å²) in [7, 11) is -0.221. The quantitative estimate of drug-likeness (QED) is 0.681. The Hall–Kier alpha value is -0.900. The molecule has 1 rings (SSSR count). The van der Waals surface area contributed by atoms with Crippen LogP contribution in [0.4, 0.5) is 10.8 Å². The van der Waals surface area contributed by atoms with Gasteiger partial charge in [0.05, 0.1) is 19.0 Å². The maximum atomic E-state index is 12.4. The van der Waals surface area contributed by atoms with Crippen molar-refractivity contribution >= 4 is 32.2 Å². The van der Waals surface area contributed by atoms with Crippen LogP contribution in [-0.2, 0) is 19.3 Å². The van der Waals surface area contributed by atoms with Crippen molar-refractivity contribution in [3.05, 3.63) is 0 Å². The number of rotatable bonds is 10. The van der Waals surface area contributed by atoms with E-state index in [2.05, 4.69) is 4.37 Å². The maximum Gasteiger partial charge on any atom is 0.185 e. The van der Waals surface area contributed by atoms with Crippen LogP contribution in [0.2, 0.25) is 0 Å². The molecule has 0 saturated carbocycles. The predicted octanol–water partition coefficient (Wildman–Crippen LogP) is 1.01. The lowest BCUT2D eigenvalue weighted by atomic mass is 10.4. The van der Waals surface area contributed by atoms with Crippen LogP contribution in [0.1, 0.15) is 13.3 Å². The van der Waals surface area contributed by atoms with Crippen LogP contribution in [0, 0.1) is 0 Å². The largest absolute Gasteiger partial charge is 0.383 e. The molecule has 1 aromatic rings. The summed E-state index contributed by atoms with van der Waals surface area (Å²) in [5.41, 5.74) is 5.78. The van der Waals surface area contributed by atoms with Gasteiger partial charge in [-0.25, -0.2) is 8.42 Å². The molecular formula is C12H23N3O4S2. The zero-order chi connectivity index (χ0) is 15.9. The average Bonchev–Trinajstić information content (AvgIpc) is 2.81. The van der Waals surface area contributed by atoms with E-state index in [-0.39, 0.29) is 16.5 Å². The summed E-state index contributed by atoms with van der Waals surface area (Å²) in [6, 6.07) is 0. The number of nitrogens with zero attached hydrogens (tertiary/aromatic N) is 2. The van der Waals surface area contributed by atoms with Crippen LogP contribution in [0.15, 0.2) is 4.90 Å². The molecule has 1 heterocycles. The normalized spacial score (nSPS) is 11.8. The zero-order valence-electron chi connectivity index (χ0n) is 12.7. The number of hydrogen-bond acceptors (Lipinski definition) is 8. The average molecular weight is 337 g/mol. The Bertz CT molecular complexity index is 523. The maximum absolute atomic E-state index is 12.4. The van der Waals surface area contributed by atoms with E-state index in [4.69, 9.17) is 15.2 Å². The Labute approximate surface area is 130 Å². The number of aromatic nitrogens is 1. The summed E-state index contributed by atoms with van der Waals surface area (Å²) in [5.74, 6) is 0.133. The first-order valence-electron chi connectivity index (χ1n) is 6.68. The van der Waals surface area contributed by atoms with Gasteiger partial charge in [0.2, 0.25) is 0 Å². The van der Waals surface area contributed by atoms with Gasteiger partial charge < -0.3 is 20.1 Å². The van der Waals surface area contributed by atoms with Crippen molar-refractivity contribution < 1.29 is 17.9 Å². The van der Waals surface area contributed by atoms with E-state index in [0.717, 1.165) is 11.5 Å². The molecule has 0 spiro atoms. The molecule has 0 fully saturated rings. The van der Waals surface area contributed by atoms with E-state index >= 15 is 0 Å². The fraction of sp³-hybridized carbons (Fsp3) is 0.750. The van der Waals surface area contributed by atoms with Crippen LogP contribution in [0.25, 0.3) is 0 Å². The molecule has 0 aromatic carbocycles. The molecule has 7 nitrogen and oxygen atoms in total. The fourth-order valence-electron chi connectivity index (χ4n) is 1.87. The minimum atomic E-state index is -3.42. The van der Waals surface area contributed by atoms with Gasteiger partial charge in [0.1, 0.15) is 9.90 Å². The number of nitrogen functional groups attached to an aromatic ring is 1. The summed E-state index contributed by atoms with van der Waals surface area (Å²) in [5, 5.41) is 0.565. The van der Waals surface area contributed by atoms with Gasteiger partial charge in [-0.1, -0.05) is 6.92 Å². The Morgan fingerprint density at radius 3 is 2.29 bits per heavy atom. The molecule has 122 valence electrons. The second-order valence-corrected chi connectivity index (χ2v) is 7.29. The van der Waals surface area contributed by atoms with Gasteiger partial charge in [0.25, 0.3) is 0 Å². The number of sulfone groups is 1. The first kappa shape index (κ1) is 18.1. The van der Waals surface area contributed by atoms with E-state index < -0.39 is 9.84 Å². The summed E-state index contributed by atoms with van der Waals surface area (Å²) >= 11 is 1.10. The smallest absolute Gasteiger partial charge is 0.185 e. The Kier molecular flexibility index (Phi) is 7.36. The molecule has 1 aromatic heterocycles. The van der Waals surface area contributed by atoms with Crippen LogP contribution in [0.3, 0.4) is 0 Å². The van der Waals surface area contributed by atoms with Crippen molar-refractivity contribution in [2.45, 2.75) is 18.2 Å². The molecule has 9 heteroatoms. The van der Waals surface area contributed by atoms with Crippen LogP contribution in [-0.4, -0.2) is 59.1 Å². The van der Waals surface area contributed by atoms with Gasteiger partial charge in [-0.05, 0) is 18.0 Å². The van der Waals surface area contributed by atoms with Crippen molar-refractivity contribution in [1.82, 2.24) is 4.37 Å². The van der Waals surface area contributed by atoms with E-state index in [1.165, 1.54) is 0 Å². The number of ether oxygens (including phenoxy) is 2. The van der Waals surface area contributed by atoms with Gasteiger partial charge in [0, 0.05) is 27.3 Å². The van der Waals surface area contributed by atoms with Crippen LogP contribution >= 0.6 is 11.5 Å². The topological polar surface area (TPSA) is 94.8 Å². The molecule has 0 aliphatic heterocycles. The summed E-state index contributed by atoms with van der Waals surface area (Å²) in [6.07, 6.45) is 0.535. The van der Waals surface area contributed by atoms with Gasteiger partial charge in [-0.15, -0.1) is 0 Å². The van der Waals surface area contributed by atoms with Gasteiger partial charge >= 0.3 is 0 Å². The molecule has 21 heavy (non-hydrogen) atoms. The third-order valence-electron chi connectivity index (χ3n) is 2.86. The lowest BCUT2D eigenvalue weighted by molar-refractivity contribution is 0.190. The molecule has 0 bridgehead atoms. The first-order chi connectivity index (χ1) is 9.97. The highest BCUT2D eigenvalue weighted by Crippen LogP contribution is 2.35. The van der Waals surface area contributed by atoms with Gasteiger partial charge in [0.15, 0.2) is 15.7 Å². The molecule has 2 N–H and O–H groups in total. The second kappa shape index (κ2) is 8.52. The molecule has 0 saturated heterocycles. The summed E-state index contributed by atoms with van der Waals surface area (Å²) < 4.78 is 38.9. The minimum absolute atomic E-state index is 0.0605. The van der Waals surface area contributed by atoms with Crippen molar-refractivity contribution in [2.24, 2.45) is 0 Å². The molecule has 0 unspecified atom stereocenters. The lowest BCUT2D eigenvalue weighted by Gasteiger charge is -2.23. The molecule has 0 aliphatic carbocycles. The molecule has 0 amide bonds. The molecule has 0 aliphatic rings. The number of nitrogens with two attached hydrogens (primary N) is 1. The SMILES string of the molecule is CCCS(=O)(=O)c1c(N)nsc1N(CCOC)CCOC. The first-order valence-corrected chi connectivity index (χ1v) is 9.11. The fourth-order valence-corrected chi connectivity index (χ4v) is 4.68. The van der Waals surface area contributed by atoms with Crippen molar-refractivity contribution in [1.29, 1.82) is 0 Å².